The van der Waals surface area contributed by atoms with Gasteiger partial charge in [-0.1, -0.05) is 0 Å². The van der Waals surface area contributed by atoms with Crippen LogP contribution in [0.4, 0.5) is 19.7 Å². The van der Waals surface area contributed by atoms with E-state index in [1.807, 2.05) is 0 Å². The maximum Gasteiger partial charge on any atom is 0.205 e. The second kappa shape index (κ2) is 6.29. The lowest BCUT2D eigenvalue weighted by Crippen LogP contribution is -2.01. The monoisotopic (exact) mass is 298 g/mol. The molecule has 0 unspecified atom stereocenters. The van der Waals surface area contributed by atoms with Gasteiger partial charge >= 0.3 is 0 Å². The average molecular weight is 298 g/mol. The highest BCUT2D eigenvalue weighted by Gasteiger charge is 2.12. The highest BCUT2D eigenvalue weighted by Crippen LogP contribution is 2.22. The number of anilines is 2. The predicted molar refractivity (Wildman–Crippen MR) is 75.3 cm³/mol. The lowest BCUT2D eigenvalue weighted by Gasteiger charge is -2.06. The van der Waals surface area contributed by atoms with E-state index >= 15 is 0 Å². The van der Waals surface area contributed by atoms with Gasteiger partial charge in [-0.25, -0.2) is 13.8 Å². The van der Waals surface area contributed by atoms with Crippen molar-refractivity contribution in [1.82, 2.24) is 4.98 Å². The van der Waals surface area contributed by atoms with Crippen molar-refractivity contribution in [3.8, 4) is 5.75 Å². The second-order valence-electron chi connectivity index (χ2n) is 3.65. The first-order chi connectivity index (χ1) is 9.61. The molecule has 5 nitrogen and oxygen atoms in total. The number of benzene rings is 1. The molecule has 0 saturated heterocycles. The Balaban J connectivity index is 2.17. The van der Waals surface area contributed by atoms with Gasteiger partial charge in [-0.3, -0.25) is 5.43 Å². The normalized spacial score (nSPS) is 10.9. The van der Waals surface area contributed by atoms with E-state index < -0.39 is 11.6 Å². The first-order valence-corrected chi connectivity index (χ1v) is 6.60. The Kier molecular flexibility index (Phi) is 4.46. The second-order valence-corrected chi connectivity index (χ2v) is 4.51. The molecule has 8 heteroatoms. The van der Waals surface area contributed by atoms with Crippen molar-refractivity contribution < 1.29 is 13.5 Å². The van der Waals surface area contributed by atoms with Crippen LogP contribution in [0.15, 0.2) is 22.6 Å². The van der Waals surface area contributed by atoms with Crippen molar-refractivity contribution >= 4 is 28.5 Å². The summed E-state index contributed by atoms with van der Waals surface area (Å²) in [5, 5.41) is 5.78. The predicted octanol–water partition coefficient (Wildman–Crippen LogP) is 2.85. The summed E-state index contributed by atoms with van der Waals surface area (Å²) in [6.07, 6.45) is 1.03. The van der Waals surface area contributed by atoms with Gasteiger partial charge in [-0.05, 0) is 19.1 Å². The number of rotatable bonds is 5. The molecule has 106 valence electrons. The Morgan fingerprint density at radius 2 is 2.30 bits per heavy atom. The van der Waals surface area contributed by atoms with Crippen molar-refractivity contribution in [2.24, 2.45) is 5.10 Å². The number of nitrogens with one attached hydrogen (secondary N) is 1. The number of nitrogen functional groups attached to an aromatic ring is 1. The molecule has 0 bridgehead atoms. The van der Waals surface area contributed by atoms with Crippen LogP contribution in [0.5, 0.6) is 5.75 Å². The number of hydrazone groups is 1. The van der Waals surface area contributed by atoms with E-state index in [1.54, 1.807) is 12.3 Å². The lowest BCUT2D eigenvalue weighted by atomic mass is 10.2. The zero-order valence-electron chi connectivity index (χ0n) is 10.6. The summed E-state index contributed by atoms with van der Waals surface area (Å²) in [5.41, 5.74) is 7.69. The Hall–Kier alpha value is -2.22. The first kappa shape index (κ1) is 14.2. The first-order valence-electron chi connectivity index (χ1n) is 5.72. The van der Waals surface area contributed by atoms with Crippen LogP contribution in [-0.2, 0) is 0 Å². The van der Waals surface area contributed by atoms with Crippen LogP contribution >= 0.6 is 11.3 Å². The molecular formula is C12H12F2N4OS. The van der Waals surface area contributed by atoms with E-state index in [1.165, 1.54) is 17.4 Å². The molecule has 2 aromatic rings. The Bertz CT molecular complexity index is 630. The standard InChI is InChI=1S/C12H12F2N4OS/c1-2-19-9-4-3-8(13)7(11(9)14)5-16-18-12-17-10(15)6-20-12/h3-6H,2,15H2,1H3,(H,17,18). The molecule has 0 radical (unpaired) electrons. The van der Waals surface area contributed by atoms with E-state index in [0.717, 1.165) is 12.3 Å². The van der Waals surface area contributed by atoms with Crippen LogP contribution in [0.2, 0.25) is 0 Å². The van der Waals surface area contributed by atoms with Gasteiger partial charge in [0.05, 0.1) is 18.4 Å². The topological polar surface area (TPSA) is 72.5 Å². The van der Waals surface area contributed by atoms with Gasteiger partial charge in [-0.15, -0.1) is 11.3 Å². The van der Waals surface area contributed by atoms with Crippen LogP contribution in [0.3, 0.4) is 0 Å². The molecule has 1 aromatic heterocycles. The molecule has 1 heterocycles. The summed E-state index contributed by atoms with van der Waals surface area (Å²) < 4.78 is 32.5. The molecule has 0 aliphatic heterocycles. The number of thiazole rings is 1. The van der Waals surface area contributed by atoms with Gasteiger partial charge in [0.25, 0.3) is 0 Å². The van der Waals surface area contributed by atoms with Crippen molar-refractivity contribution in [3.63, 3.8) is 0 Å². The van der Waals surface area contributed by atoms with Gasteiger partial charge < -0.3 is 10.5 Å². The summed E-state index contributed by atoms with van der Waals surface area (Å²) in [6, 6.07) is 2.36. The van der Waals surface area contributed by atoms with Gasteiger partial charge in [0.1, 0.15) is 11.6 Å². The van der Waals surface area contributed by atoms with Crippen molar-refractivity contribution in [2.75, 3.05) is 17.8 Å². The quantitative estimate of drug-likeness (QED) is 0.657. The maximum atomic E-state index is 13.9. The molecule has 0 atom stereocenters. The molecule has 0 saturated carbocycles. The third kappa shape index (κ3) is 3.21. The molecule has 1 aromatic carbocycles. The largest absolute Gasteiger partial charge is 0.491 e. The maximum absolute atomic E-state index is 13.9. The van der Waals surface area contributed by atoms with E-state index in [4.69, 9.17) is 10.5 Å². The highest BCUT2D eigenvalue weighted by molar-refractivity contribution is 7.14. The zero-order valence-corrected chi connectivity index (χ0v) is 11.4. The molecule has 20 heavy (non-hydrogen) atoms. The molecule has 0 amide bonds. The minimum Gasteiger partial charge on any atom is -0.491 e. The minimum atomic E-state index is -0.795. The molecule has 0 spiro atoms. The van der Waals surface area contributed by atoms with Gasteiger partial charge in [0.2, 0.25) is 5.13 Å². The summed E-state index contributed by atoms with van der Waals surface area (Å²) in [4.78, 5) is 3.89. The zero-order chi connectivity index (χ0) is 14.5. The third-order valence-corrected chi connectivity index (χ3v) is 3.03. The van der Waals surface area contributed by atoms with Crippen molar-refractivity contribution in [2.45, 2.75) is 6.92 Å². The number of nitrogens with zero attached hydrogens (tertiary/aromatic N) is 2. The number of hydrogen-bond donors (Lipinski definition) is 2. The summed E-state index contributed by atoms with van der Waals surface area (Å²) in [6.45, 7) is 2.00. The van der Waals surface area contributed by atoms with Crippen LogP contribution in [0.1, 0.15) is 12.5 Å². The Labute approximate surface area is 118 Å². The fourth-order valence-corrected chi connectivity index (χ4v) is 1.97. The van der Waals surface area contributed by atoms with E-state index in [0.29, 0.717) is 10.9 Å². The summed E-state index contributed by atoms with van der Waals surface area (Å²) in [7, 11) is 0. The third-order valence-electron chi connectivity index (χ3n) is 2.27. The van der Waals surface area contributed by atoms with E-state index in [2.05, 4.69) is 15.5 Å². The molecule has 0 aliphatic rings. The highest BCUT2D eigenvalue weighted by atomic mass is 32.1. The lowest BCUT2D eigenvalue weighted by molar-refractivity contribution is 0.320. The number of halogens is 2. The SMILES string of the molecule is CCOc1ccc(F)c(C=NNc2nc(N)cs2)c1F. The number of ether oxygens (including phenoxy) is 1. The smallest absolute Gasteiger partial charge is 0.205 e. The molecule has 0 aliphatic carbocycles. The molecular weight excluding hydrogens is 286 g/mol. The van der Waals surface area contributed by atoms with Crippen LogP contribution in [0.25, 0.3) is 0 Å². The number of hydrogen-bond acceptors (Lipinski definition) is 6. The minimum absolute atomic E-state index is 0.0196. The summed E-state index contributed by atoms with van der Waals surface area (Å²) in [5.74, 6) is -1.19. The van der Waals surface area contributed by atoms with Crippen molar-refractivity contribution in [1.29, 1.82) is 0 Å². The van der Waals surface area contributed by atoms with Gasteiger partial charge in [0, 0.05) is 5.38 Å². The fraction of sp³-hybridized carbons (Fsp3) is 0.167. The van der Waals surface area contributed by atoms with Crippen molar-refractivity contribution in [3.05, 3.63) is 34.7 Å². The Morgan fingerprint density at radius 1 is 1.50 bits per heavy atom. The molecule has 3 N–H and O–H groups in total. The van der Waals surface area contributed by atoms with Crippen LogP contribution < -0.4 is 15.9 Å². The van der Waals surface area contributed by atoms with Crippen LogP contribution in [-0.4, -0.2) is 17.8 Å². The van der Waals surface area contributed by atoms with E-state index in [-0.39, 0.29) is 17.9 Å². The Morgan fingerprint density at radius 3 is 2.95 bits per heavy atom. The number of aromatic nitrogens is 1. The average Bonchev–Trinajstić information content (AvgIpc) is 2.83. The van der Waals surface area contributed by atoms with E-state index in [9.17, 15) is 8.78 Å². The van der Waals surface area contributed by atoms with Gasteiger partial charge in [0.15, 0.2) is 11.6 Å². The molecule has 0 fully saturated rings. The number of nitrogens with two attached hydrogens (primary N) is 1. The summed E-state index contributed by atoms with van der Waals surface area (Å²) >= 11 is 1.23. The van der Waals surface area contributed by atoms with Crippen LogP contribution in [0, 0.1) is 11.6 Å². The van der Waals surface area contributed by atoms with Gasteiger partial charge in [-0.2, -0.15) is 5.10 Å². The fourth-order valence-electron chi connectivity index (χ4n) is 1.42. The molecule has 2 rings (SSSR count).